The molecule has 0 saturated heterocycles. The van der Waals surface area contributed by atoms with Gasteiger partial charge in [0.15, 0.2) is 0 Å². The first-order valence-corrected chi connectivity index (χ1v) is 7.14. The van der Waals surface area contributed by atoms with E-state index in [-0.39, 0.29) is 0 Å². The Bertz CT molecular complexity index is 790. The van der Waals surface area contributed by atoms with Gasteiger partial charge < -0.3 is 4.57 Å². The summed E-state index contributed by atoms with van der Waals surface area (Å²) >= 11 is 0. The van der Waals surface area contributed by atoms with E-state index >= 15 is 0 Å². The molecule has 1 aromatic heterocycles. The molecule has 10 heteroatoms. The second-order valence-corrected chi connectivity index (χ2v) is 5.28. The first-order valence-electron chi connectivity index (χ1n) is 7.14. The average Bonchev–Trinajstić information content (AvgIpc) is 2.78. The third kappa shape index (κ3) is 3.16. The van der Waals surface area contributed by atoms with E-state index in [4.69, 9.17) is 0 Å². The van der Waals surface area contributed by atoms with Crippen molar-refractivity contribution in [1.82, 2.24) is 9.99 Å². The number of aromatic nitrogens is 1. The number of hydrazone groups is 1. The number of halogens is 7. The van der Waals surface area contributed by atoms with Gasteiger partial charge in [0.25, 0.3) is 0 Å². The molecular formula is C15H14F7N3. The molecule has 0 radical (unpaired) electrons. The number of nitrogens with one attached hydrogen (secondary N) is 1. The zero-order chi connectivity index (χ0) is 19.0. The minimum Gasteiger partial charge on any atom is -0.344 e. The standard InChI is InChI=1S/C15H14F7N3/c1-3-25-9(2)11(10-6-4-5-7-12(10)25)8-23-24-15(21,22)13(16,17)14(18,19)20/h4-8,24H,3H2,1-2H3/b23-8-. The van der Waals surface area contributed by atoms with Crippen LogP contribution in [0.2, 0.25) is 0 Å². The highest BCUT2D eigenvalue weighted by Crippen LogP contribution is 2.45. The minimum absolute atomic E-state index is 0.344. The Kier molecular flexibility index (Phi) is 4.75. The molecule has 1 N–H and O–H groups in total. The average molecular weight is 369 g/mol. The van der Waals surface area contributed by atoms with Gasteiger partial charge >= 0.3 is 18.1 Å². The van der Waals surface area contributed by atoms with Crippen molar-refractivity contribution in [3.05, 3.63) is 35.5 Å². The van der Waals surface area contributed by atoms with E-state index in [2.05, 4.69) is 5.10 Å². The predicted molar refractivity (Wildman–Crippen MR) is 79.0 cm³/mol. The Balaban J connectivity index is 2.35. The quantitative estimate of drug-likeness (QED) is 0.353. The fraction of sp³-hybridized carbons (Fsp3) is 0.400. The summed E-state index contributed by atoms with van der Waals surface area (Å²) in [7, 11) is 0. The molecule has 0 aliphatic rings. The number of fused-ring (bicyclic) bond motifs is 1. The fourth-order valence-electron chi connectivity index (χ4n) is 2.45. The SMILES string of the molecule is CCn1c(C)c(/C=N\NC(F)(F)C(F)(F)C(F)(F)F)c2ccccc21. The number of hydrogen-bond acceptors (Lipinski definition) is 2. The normalized spacial score (nSPS) is 13.8. The largest absolute Gasteiger partial charge is 0.462 e. The van der Waals surface area contributed by atoms with Crippen LogP contribution in [0.1, 0.15) is 18.2 Å². The topological polar surface area (TPSA) is 29.3 Å². The lowest BCUT2D eigenvalue weighted by atomic mass is 10.1. The third-order valence-electron chi connectivity index (χ3n) is 3.74. The molecule has 2 aromatic rings. The summed E-state index contributed by atoms with van der Waals surface area (Å²) < 4.78 is 90.1. The predicted octanol–water partition coefficient (Wildman–Crippen LogP) is 4.68. The molecule has 25 heavy (non-hydrogen) atoms. The van der Waals surface area contributed by atoms with Crippen LogP contribution in [-0.4, -0.2) is 28.9 Å². The second kappa shape index (κ2) is 6.23. The molecule has 0 spiro atoms. The van der Waals surface area contributed by atoms with Crippen LogP contribution in [0, 0.1) is 6.92 Å². The van der Waals surface area contributed by atoms with Crippen LogP contribution < -0.4 is 5.43 Å². The van der Waals surface area contributed by atoms with Crippen molar-refractivity contribution in [3.8, 4) is 0 Å². The zero-order valence-electron chi connectivity index (χ0n) is 13.1. The summed E-state index contributed by atoms with van der Waals surface area (Å²) in [6, 6.07) is 1.28. The van der Waals surface area contributed by atoms with Crippen molar-refractivity contribution in [3.63, 3.8) is 0 Å². The van der Waals surface area contributed by atoms with Crippen LogP contribution in [0.5, 0.6) is 0 Å². The lowest BCUT2D eigenvalue weighted by molar-refractivity contribution is -0.361. The molecule has 0 bridgehead atoms. The number of para-hydroxylation sites is 1. The van der Waals surface area contributed by atoms with Crippen molar-refractivity contribution in [2.24, 2.45) is 5.10 Å². The maximum atomic E-state index is 13.2. The molecule has 1 aromatic carbocycles. The van der Waals surface area contributed by atoms with Crippen molar-refractivity contribution in [2.75, 3.05) is 0 Å². The van der Waals surface area contributed by atoms with Crippen molar-refractivity contribution < 1.29 is 30.7 Å². The molecule has 2 rings (SSSR count). The lowest BCUT2D eigenvalue weighted by Gasteiger charge is -2.27. The lowest BCUT2D eigenvalue weighted by Crippen LogP contribution is -2.58. The van der Waals surface area contributed by atoms with Gasteiger partial charge in [0.2, 0.25) is 0 Å². The highest BCUT2D eigenvalue weighted by molar-refractivity contribution is 6.01. The summed E-state index contributed by atoms with van der Waals surface area (Å²) in [6.07, 6.45) is -5.60. The van der Waals surface area contributed by atoms with Gasteiger partial charge in [-0.3, -0.25) is 0 Å². The molecule has 0 fully saturated rings. The zero-order valence-corrected chi connectivity index (χ0v) is 13.1. The summed E-state index contributed by atoms with van der Waals surface area (Å²) in [5.41, 5.74) is 2.35. The minimum atomic E-state index is -6.41. The smallest absolute Gasteiger partial charge is 0.344 e. The molecule has 138 valence electrons. The molecule has 0 aliphatic carbocycles. The van der Waals surface area contributed by atoms with Crippen LogP contribution in [0.25, 0.3) is 10.9 Å². The highest BCUT2D eigenvalue weighted by atomic mass is 19.4. The molecule has 0 aliphatic heterocycles. The van der Waals surface area contributed by atoms with Gasteiger partial charge in [-0.15, -0.1) is 0 Å². The molecule has 1 heterocycles. The third-order valence-corrected chi connectivity index (χ3v) is 3.74. The summed E-state index contributed by atoms with van der Waals surface area (Å²) in [5, 5.41) is 3.54. The van der Waals surface area contributed by atoms with E-state index in [0.29, 0.717) is 28.6 Å². The van der Waals surface area contributed by atoms with E-state index in [1.165, 1.54) is 0 Å². The molecular weight excluding hydrogens is 355 g/mol. The number of benzene rings is 1. The first-order chi connectivity index (χ1) is 11.4. The summed E-state index contributed by atoms with van der Waals surface area (Å²) in [6.45, 7) is 4.06. The fourth-order valence-corrected chi connectivity index (χ4v) is 2.45. The Morgan fingerprint density at radius 1 is 1.08 bits per heavy atom. The highest BCUT2D eigenvalue weighted by Gasteiger charge is 2.73. The van der Waals surface area contributed by atoms with E-state index in [9.17, 15) is 30.7 Å². The van der Waals surface area contributed by atoms with E-state index < -0.39 is 18.1 Å². The number of hydrogen-bond donors (Lipinski definition) is 1. The molecule has 0 unspecified atom stereocenters. The first kappa shape index (κ1) is 19.1. The number of rotatable bonds is 5. The van der Waals surface area contributed by atoms with Crippen LogP contribution in [0.3, 0.4) is 0 Å². The van der Waals surface area contributed by atoms with Crippen molar-refractivity contribution in [1.29, 1.82) is 0 Å². The molecule has 3 nitrogen and oxygen atoms in total. The summed E-state index contributed by atoms with van der Waals surface area (Å²) in [4.78, 5) is 0. The van der Waals surface area contributed by atoms with Crippen LogP contribution in [0.15, 0.2) is 29.4 Å². The van der Waals surface area contributed by atoms with E-state index in [1.807, 2.05) is 11.5 Å². The number of alkyl halides is 7. The number of aryl methyl sites for hydroxylation is 1. The molecule has 0 atom stereocenters. The van der Waals surface area contributed by atoms with Gasteiger partial charge in [-0.25, -0.2) is 5.43 Å². The van der Waals surface area contributed by atoms with E-state index in [0.717, 1.165) is 11.7 Å². The second-order valence-electron chi connectivity index (χ2n) is 5.28. The Labute approximate surface area is 138 Å². The maximum Gasteiger partial charge on any atom is 0.462 e. The van der Waals surface area contributed by atoms with Gasteiger partial charge in [0.1, 0.15) is 0 Å². The molecule has 0 amide bonds. The monoisotopic (exact) mass is 369 g/mol. The van der Waals surface area contributed by atoms with E-state index in [1.54, 1.807) is 31.2 Å². The Morgan fingerprint density at radius 2 is 1.68 bits per heavy atom. The van der Waals surface area contributed by atoms with Crippen LogP contribution in [-0.2, 0) is 6.54 Å². The van der Waals surface area contributed by atoms with Crippen molar-refractivity contribution >= 4 is 17.1 Å². The van der Waals surface area contributed by atoms with Crippen molar-refractivity contribution in [2.45, 2.75) is 38.5 Å². The van der Waals surface area contributed by atoms with Gasteiger partial charge in [0.05, 0.1) is 6.21 Å². The van der Waals surface area contributed by atoms with Crippen LogP contribution in [0.4, 0.5) is 30.7 Å². The molecule has 0 saturated carbocycles. The Hall–Kier alpha value is -2.26. The Morgan fingerprint density at radius 3 is 2.24 bits per heavy atom. The summed E-state index contributed by atoms with van der Waals surface area (Å²) in [5.74, 6) is -6.26. The van der Waals surface area contributed by atoms with Gasteiger partial charge in [0, 0.05) is 28.7 Å². The number of nitrogens with zero attached hydrogens (tertiary/aromatic N) is 2. The maximum absolute atomic E-state index is 13.2. The van der Waals surface area contributed by atoms with Gasteiger partial charge in [-0.2, -0.15) is 35.8 Å². The van der Waals surface area contributed by atoms with Gasteiger partial charge in [-0.1, -0.05) is 18.2 Å². The van der Waals surface area contributed by atoms with Crippen LogP contribution >= 0.6 is 0 Å². The van der Waals surface area contributed by atoms with Gasteiger partial charge in [-0.05, 0) is 19.9 Å².